The minimum absolute atomic E-state index is 0.217. The van der Waals surface area contributed by atoms with Crippen molar-refractivity contribution in [3.8, 4) is 11.8 Å². The summed E-state index contributed by atoms with van der Waals surface area (Å²) in [5.74, 6) is 5.34. The van der Waals surface area contributed by atoms with E-state index in [0.29, 0.717) is 12.0 Å². The molecule has 1 aromatic rings. The first-order valence-electron chi connectivity index (χ1n) is 4.17. The monoisotopic (exact) mass is 233 g/mol. The predicted molar refractivity (Wildman–Crippen MR) is 51.4 cm³/mol. The second kappa shape index (κ2) is 4.54. The Morgan fingerprint density at radius 2 is 2.07 bits per heavy atom. The van der Waals surface area contributed by atoms with Gasteiger partial charge in [-0.25, -0.2) is 4.98 Å². The van der Waals surface area contributed by atoms with Gasteiger partial charge in [0.15, 0.2) is 0 Å². The van der Waals surface area contributed by atoms with Crippen LogP contribution in [0.2, 0.25) is 5.15 Å². The number of hydrogen-bond acceptors (Lipinski definition) is 1. The van der Waals surface area contributed by atoms with Gasteiger partial charge >= 0.3 is 6.18 Å². The minimum atomic E-state index is -4.47. The lowest BCUT2D eigenvalue weighted by atomic mass is 10.2. The molecule has 0 atom stereocenters. The summed E-state index contributed by atoms with van der Waals surface area (Å²) in [6.07, 6.45) is -3.86. The summed E-state index contributed by atoms with van der Waals surface area (Å²) in [5.41, 5.74) is -0.693. The van der Waals surface area contributed by atoms with Crippen molar-refractivity contribution >= 4 is 11.6 Å². The summed E-state index contributed by atoms with van der Waals surface area (Å²) < 4.78 is 36.6. The molecule has 0 aliphatic heterocycles. The number of pyridine rings is 1. The Balaban J connectivity index is 3.09. The summed E-state index contributed by atoms with van der Waals surface area (Å²) in [7, 11) is 0. The number of nitrogens with zero attached hydrogens (tertiary/aromatic N) is 1. The Hall–Kier alpha value is -1.21. The SMILES string of the molecule is CCC#Cc1ccc(C(F)(F)F)nc1Cl. The predicted octanol–water partition coefficient (Wildman–Crippen LogP) is 3.52. The molecule has 0 fully saturated rings. The molecular weight excluding hydrogens is 227 g/mol. The van der Waals surface area contributed by atoms with Crippen LogP contribution in [0.1, 0.15) is 24.6 Å². The Kier molecular flexibility index (Phi) is 3.59. The van der Waals surface area contributed by atoms with Gasteiger partial charge in [0.25, 0.3) is 0 Å². The third-order valence-corrected chi connectivity index (χ3v) is 1.83. The topological polar surface area (TPSA) is 12.9 Å². The first kappa shape index (κ1) is 11.9. The zero-order valence-corrected chi connectivity index (χ0v) is 8.58. The van der Waals surface area contributed by atoms with Crippen molar-refractivity contribution in [3.63, 3.8) is 0 Å². The first-order valence-corrected chi connectivity index (χ1v) is 4.55. The highest BCUT2D eigenvalue weighted by molar-refractivity contribution is 6.30. The molecule has 0 radical (unpaired) electrons. The fourth-order valence-electron chi connectivity index (χ4n) is 0.869. The van der Waals surface area contributed by atoms with E-state index >= 15 is 0 Å². The molecule has 0 amide bonds. The molecule has 0 saturated heterocycles. The van der Waals surface area contributed by atoms with E-state index in [-0.39, 0.29) is 5.15 Å². The molecule has 1 aromatic heterocycles. The van der Waals surface area contributed by atoms with Crippen LogP contribution in [0.15, 0.2) is 12.1 Å². The fourth-order valence-corrected chi connectivity index (χ4v) is 1.07. The molecular formula is C10H7ClF3N. The van der Waals surface area contributed by atoms with E-state index in [1.807, 2.05) is 6.92 Å². The molecule has 0 saturated carbocycles. The summed E-state index contributed by atoms with van der Waals surface area (Å²) in [6.45, 7) is 1.83. The van der Waals surface area contributed by atoms with Gasteiger partial charge < -0.3 is 0 Å². The second-order valence-corrected chi connectivity index (χ2v) is 3.05. The number of hydrogen-bond donors (Lipinski definition) is 0. The maximum absolute atomic E-state index is 12.2. The molecule has 0 spiro atoms. The van der Waals surface area contributed by atoms with Crippen LogP contribution in [0.25, 0.3) is 0 Å². The zero-order valence-electron chi connectivity index (χ0n) is 7.82. The van der Waals surface area contributed by atoms with Crippen LogP contribution in [0.4, 0.5) is 13.2 Å². The van der Waals surface area contributed by atoms with Crippen LogP contribution in [0.3, 0.4) is 0 Å². The lowest BCUT2D eigenvalue weighted by molar-refractivity contribution is -0.141. The Bertz CT molecular complexity index is 415. The van der Waals surface area contributed by atoms with Crippen molar-refractivity contribution in [1.82, 2.24) is 4.98 Å². The molecule has 0 bridgehead atoms. The van der Waals surface area contributed by atoms with E-state index in [1.165, 1.54) is 6.07 Å². The van der Waals surface area contributed by atoms with Crippen LogP contribution in [0, 0.1) is 11.8 Å². The number of rotatable bonds is 0. The van der Waals surface area contributed by atoms with Crippen LogP contribution in [0.5, 0.6) is 0 Å². The van der Waals surface area contributed by atoms with Crippen LogP contribution >= 0.6 is 11.6 Å². The van der Waals surface area contributed by atoms with E-state index in [4.69, 9.17) is 11.6 Å². The lowest BCUT2D eigenvalue weighted by Crippen LogP contribution is -2.08. The Morgan fingerprint density at radius 3 is 2.53 bits per heavy atom. The molecule has 1 heterocycles. The van der Waals surface area contributed by atoms with E-state index in [0.717, 1.165) is 6.07 Å². The molecule has 0 unspecified atom stereocenters. The van der Waals surface area contributed by atoms with E-state index < -0.39 is 11.9 Å². The molecule has 0 aromatic carbocycles. The minimum Gasteiger partial charge on any atom is -0.230 e. The molecule has 0 aliphatic rings. The van der Waals surface area contributed by atoms with Crippen molar-refractivity contribution in [2.75, 3.05) is 0 Å². The van der Waals surface area contributed by atoms with Gasteiger partial charge in [-0.3, -0.25) is 0 Å². The highest BCUT2D eigenvalue weighted by Crippen LogP contribution is 2.29. The van der Waals surface area contributed by atoms with Crippen molar-refractivity contribution in [3.05, 3.63) is 28.5 Å². The normalized spacial score (nSPS) is 10.7. The molecule has 15 heavy (non-hydrogen) atoms. The number of halogens is 4. The first-order chi connectivity index (χ1) is 6.95. The van der Waals surface area contributed by atoms with Gasteiger partial charge in [-0.15, -0.1) is 0 Å². The summed E-state index contributed by atoms with van der Waals surface area (Å²) in [4.78, 5) is 3.24. The standard InChI is InChI=1S/C10H7ClF3N/c1-2-3-4-7-5-6-8(10(12,13)14)15-9(7)11/h5-6H,2H2,1H3. The van der Waals surface area contributed by atoms with Gasteiger partial charge in [0.05, 0.1) is 5.56 Å². The molecule has 1 rings (SSSR count). The summed E-state index contributed by atoms with van der Waals surface area (Å²) in [5, 5.41) is -0.217. The van der Waals surface area contributed by atoms with E-state index in [2.05, 4.69) is 16.8 Å². The average Bonchev–Trinajstić information content (AvgIpc) is 2.14. The van der Waals surface area contributed by atoms with Crippen LogP contribution < -0.4 is 0 Å². The molecule has 0 N–H and O–H groups in total. The second-order valence-electron chi connectivity index (χ2n) is 2.69. The maximum Gasteiger partial charge on any atom is 0.433 e. The Labute approximate surface area is 90.3 Å². The van der Waals surface area contributed by atoms with Crippen molar-refractivity contribution in [1.29, 1.82) is 0 Å². The van der Waals surface area contributed by atoms with Gasteiger partial charge in [-0.1, -0.05) is 30.4 Å². The molecule has 0 aliphatic carbocycles. The summed E-state index contributed by atoms with van der Waals surface area (Å²) >= 11 is 5.56. The smallest absolute Gasteiger partial charge is 0.230 e. The average molecular weight is 234 g/mol. The quantitative estimate of drug-likeness (QED) is 0.494. The molecule has 80 valence electrons. The highest BCUT2D eigenvalue weighted by atomic mass is 35.5. The largest absolute Gasteiger partial charge is 0.433 e. The number of alkyl halides is 3. The fraction of sp³-hybridized carbons (Fsp3) is 0.300. The highest BCUT2D eigenvalue weighted by Gasteiger charge is 2.32. The third-order valence-electron chi connectivity index (χ3n) is 1.54. The maximum atomic E-state index is 12.2. The van der Waals surface area contributed by atoms with Crippen LogP contribution in [-0.4, -0.2) is 4.98 Å². The number of aromatic nitrogens is 1. The Morgan fingerprint density at radius 1 is 1.40 bits per heavy atom. The third kappa shape index (κ3) is 3.14. The van der Waals surface area contributed by atoms with Gasteiger partial charge in [-0.2, -0.15) is 13.2 Å². The van der Waals surface area contributed by atoms with Gasteiger partial charge in [-0.05, 0) is 12.1 Å². The van der Waals surface area contributed by atoms with Gasteiger partial charge in [0.1, 0.15) is 10.8 Å². The molecule has 5 heteroatoms. The van der Waals surface area contributed by atoms with Crippen molar-refractivity contribution in [2.45, 2.75) is 19.5 Å². The van der Waals surface area contributed by atoms with E-state index in [1.54, 1.807) is 0 Å². The van der Waals surface area contributed by atoms with E-state index in [9.17, 15) is 13.2 Å². The van der Waals surface area contributed by atoms with Crippen molar-refractivity contribution in [2.24, 2.45) is 0 Å². The molecule has 1 nitrogen and oxygen atoms in total. The summed E-state index contributed by atoms with van der Waals surface area (Å²) in [6, 6.07) is 2.09. The van der Waals surface area contributed by atoms with Crippen LogP contribution in [-0.2, 0) is 6.18 Å². The van der Waals surface area contributed by atoms with Gasteiger partial charge in [0, 0.05) is 6.42 Å². The van der Waals surface area contributed by atoms with Crippen molar-refractivity contribution < 1.29 is 13.2 Å². The lowest BCUT2D eigenvalue weighted by Gasteiger charge is -2.05. The zero-order chi connectivity index (χ0) is 11.5. The van der Waals surface area contributed by atoms with Gasteiger partial charge in [0.2, 0.25) is 0 Å².